The van der Waals surface area contributed by atoms with Crippen LogP contribution in [0.5, 0.6) is 0 Å². The van der Waals surface area contributed by atoms with Gasteiger partial charge in [0, 0.05) is 6.42 Å². The second kappa shape index (κ2) is 10.5. The molecule has 0 aliphatic carbocycles. The van der Waals surface area contributed by atoms with E-state index in [1.54, 1.807) is 13.8 Å². The van der Waals surface area contributed by atoms with E-state index in [1.807, 2.05) is 0 Å². The van der Waals surface area contributed by atoms with E-state index in [-0.39, 0.29) is 18.8 Å². The summed E-state index contributed by atoms with van der Waals surface area (Å²) in [5.41, 5.74) is 11.1. The van der Waals surface area contributed by atoms with Gasteiger partial charge in [-0.1, -0.05) is 13.8 Å². The van der Waals surface area contributed by atoms with E-state index in [4.69, 9.17) is 21.7 Å². The van der Waals surface area contributed by atoms with E-state index < -0.39 is 60.7 Å². The predicted molar refractivity (Wildman–Crippen MR) is 87.8 cm³/mol. The lowest BCUT2D eigenvalue weighted by atomic mass is 9.99. The van der Waals surface area contributed by atoms with Gasteiger partial charge in [0.05, 0.1) is 18.5 Å². The second-order valence-corrected chi connectivity index (χ2v) is 6.27. The Labute approximate surface area is 149 Å². The number of nitrogens with two attached hydrogens (primary N) is 2. The van der Waals surface area contributed by atoms with E-state index in [1.165, 1.54) is 0 Å². The summed E-state index contributed by atoms with van der Waals surface area (Å²) in [5, 5.41) is 26.8. The molecule has 3 unspecified atom stereocenters. The second-order valence-electron chi connectivity index (χ2n) is 6.27. The maximum Gasteiger partial charge on any atom is 0.326 e. The van der Waals surface area contributed by atoms with Crippen LogP contribution in [0.15, 0.2) is 0 Å². The van der Waals surface area contributed by atoms with Gasteiger partial charge in [-0.2, -0.15) is 0 Å². The largest absolute Gasteiger partial charge is 0.481 e. The molecular formula is C15H25N3O8. The van der Waals surface area contributed by atoms with E-state index in [9.17, 15) is 29.1 Å². The van der Waals surface area contributed by atoms with Crippen molar-refractivity contribution >= 4 is 29.7 Å². The minimum atomic E-state index is -1.64. The van der Waals surface area contributed by atoms with Crippen LogP contribution in [0.2, 0.25) is 0 Å². The molecule has 148 valence electrons. The third kappa shape index (κ3) is 7.57. The fourth-order valence-corrected chi connectivity index (χ4v) is 2.21. The lowest BCUT2D eigenvalue weighted by molar-refractivity contribution is -0.160. The molecule has 3 atom stereocenters. The molecule has 0 aromatic carbocycles. The monoisotopic (exact) mass is 375 g/mol. The van der Waals surface area contributed by atoms with Crippen LogP contribution in [0.25, 0.3) is 0 Å². The van der Waals surface area contributed by atoms with Crippen molar-refractivity contribution in [2.75, 3.05) is 0 Å². The quantitative estimate of drug-likeness (QED) is 0.293. The maximum absolute atomic E-state index is 12.5. The molecule has 11 heteroatoms. The van der Waals surface area contributed by atoms with E-state index in [0.717, 1.165) is 0 Å². The number of carboxylic acids is 3. The standard InChI is InChI=1S/C15H25N3O8/c1-7(2)5-10(15(25)26)18(14(24)9(17)6-12(21)22)13(23)8(16)3-4-11(19)20/h7-10H,3-6,16-17H2,1-2H3,(H,19,20)(H,21,22)(H,25,26). The fourth-order valence-electron chi connectivity index (χ4n) is 2.21. The van der Waals surface area contributed by atoms with Crippen molar-refractivity contribution < 1.29 is 39.3 Å². The van der Waals surface area contributed by atoms with Gasteiger partial charge in [-0.15, -0.1) is 0 Å². The predicted octanol–water partition coefficient (Wildman–Crippen LogP) is -1.16. The molecule has 2 amide bonds. The first-order valence-corrected chi connectivity index (χ1v) is 7.92. The molecule has 7 N–H and O–H groups in total. The van der Waals surface area contributed by atoms with Crippen LogP contribution in [0.1, 0.15) is 39.5 Å². The lowest BCUT2D eigenvalue weighted by Crippen LogP contribution is -2.58. The average Bonchev–Trinajstić information content (AvgIpc) is 2.50. The lowest BCUT2D eigenvalue weighted by Gasteiger charge is -2.31. The fraction of sp³-hybridized carbons (Fsp3) is 0.667. The molecule has 11 nitrogen and oxygen atoms in total. The van der Waals surface area contributed by atoms with Gasteiger partial charge in [-0.3, -0.25) is 24.1 Å². The number of rotatable bonds is 11. The van der Waals surface area contributed by atoms with Crippen LogP contribution in [0.4, 0.5) is 0 Å². The summed E-state index contributed by atoms with van der Waals surface area (Å²) in [5.74, 6) is -6.60. The van der Waals surface area contributed by atoms with Crippen molar-refractivity contribution in [1.29, 1.82) is 0 Å². The van der Waals surface area contributed by atoms with Gasteiger partial charge >= 0.3 is 17.9 Å². The molecule has 26 heavy (non-hydrogen) atoms. The van der Waals surface area contributed by atoms with Gasteiger partial charge in [-0.25, -0.2) is 4.79 Å². The van der Waals surface area contributed by atoms with Gasteiger partial charge in [0.1, 0.15) is 6.04 Å². The molecule has 0 spiro atoms. The first-order chi connectivity index (χ1) is 11.9. The van der Waals surface area contributed by atoms with E-state index >= 15 is 0 Å². The number of hydrogen-bond donors (Lipinski definition) is 5. The average molecular weight is 375 g/mol. The smallest absolute Gasteiger partial charge is 0.326 e. The summed E-state index contributed by atoms with van der Waals surface area (Å²) >= 11 is 0. The van der Waals surface area contributed by atoms with Gasteiger partial charge in [0.15, 0.2) is 0 Å². The summed E-state index contributed by atoms with van der Waals surface area (Å²) in [6.45, 7) is 3.34. The minimum absolute atomic E-state index is 0.0990. The minimum Gasteiger partial charge on any atom is -0.481 e. The van der Waals surface area contributed by atoms with Crippen LogP contribution in [0.3, 0.4) is 0 Å². The summed E-state index contributed by atoms with van der Waals surface area (Å²) < 4.78 is 0. The van der Waals surface area contributed by atoms with E-state index in [2.05, 4.69) is 0 Å². The van der Waals surface area contributed by atoms with Crippen LogP contribution >= 0.6 is 0 Å². The Balaban J connectivity index is 5.72. The van der Waals surface area contributed by atoms with Crippen molar-refractivity contribution in [2.24, 2.45) is 17.4 Å². The van der Waals surface area contributed by atoms with Crippen LogP contribution in [0, 0.1) is 5.92 Å². The highest BCUT2D eigenvalue weighted by Gasteiger charge is 2.39. The number of carboxylic acid groups (broad SMARTS) is 3. The van der Waals surface area contributed by atoms with Crippen molar-refractivity contribution in [1.82, 2.24) is 4.90 Å². The van der Waals surface area contributed by atoms with Crippen LogP contribution in [-0.4, -0.2) is 68.1 Å². The van der Waals surface area contributed by atoms with Crippen molar-refractivity contribution in [3.05, 3.63) is 0 Å². The highest BCUT2D eigenvalue weighted by molar-refractivity contribution is 6.04. The third-order valence-corrected chi connectivity index (χ3v) is 3.46. The molecule has 0 rings (SSSR count). The highest BCUT2D eigenvalue weighted by atomic mass is 16.4. The molecule has 0 radical (unpaired) electrons. The summed E-state index contributed by atoms with van der Waals surface area (Å²) in [7, 11) is 0. The van der Waals surface area contributed by atoms with Gasteiger partial charge in [0.25, 0.3) is 0 Å². The normalized spacial score (nSPS) is 14.3. The molecule has 0 aliphatic heterocycles. The number of nitrogens with zero attached hydrogens (tertiary/aromatic N) is 1. The summed E-state index contributed by atoms with van der Waals surface area (Å²) in [6, 6.07) is -4.68. The Kier molecular flexibility index (Phi) is 9.44. The Morgan fingerprint density at radius 3 is 1.77 bits per heavy atom. The maximum atomic E-state index is 12.5. The van der Waals surface area contributed by atoms with Crippen molar-refractivity contribution in [3.63, 3.8) is 0 Å². The molecule has 0 aromatic heterocycles. The molecular weight excluding hydrogens is 350 g/mol. The van der Waals surface area contributed by atoms with Gasteiger partial charge in [0.2, 0.25) is 11.8 Å². The Hall–Kier alpha value is -2.53. The zero-order chi connectivity index (χ0) is 20.6. The number of imide groups is 1. The highest BCUT2D eigenvalue weighted by Crippen LogP contribution is 2.16. The Bertz CT molecular complexity index is 563. The van der Waals surface area contributed by atoms with Gasteiger partial charge in [-0.05, 0) is 18.8 Å². The number of aliphatic carboxylic acids is 3. The summed E-state index contributed by atoms with van der Waals surface area (Å²) in [4.78, 5) is 58.3. The van der Waals surface area contributed by atoms with Crippen molar-refractivity contribution in [2.45, 2.75) is 57.7 Å². The van der Waals surface area contributed by atoms with Crippen molar-refractivity contribution in [3.8, 4) is 0 Å². The number of carbonyl (C=O) groups is 5. The SMILES string of the molecule is CC(C)CC(C(=O)O)N(C(=O)C(N)CCC(=O)O)C(=O)C(N)CC(=O)O. The Morgan fingerprint density at radius 1 is 0.885 bits per heavy atom. The Morgan fingerprint density at radius 2 is 1.38 bits per heavy atom. The molecule has 0 aromatic rings. The first-order valence-electron chi connectivity index (χ1n) is 7.92. The molecule has 0 aliphatic rings. The van der Waals surface area contributed by atoms with Gasteiger partial charge < -0.3 is 26.8 Å². The van der Waals surface area contributed by atoms with Crippen LogP contribution in [-0.2, 0) is 24.0 Å². The third-order valence-electron chi connectivity index (χ3n) is 3.46. The molecule has 0 fully saturated rings. The molecule has 0 bridgehead atoms. The number of carbonyl (C=O) groups excluding carboxylic acids is 2. The van der Waals surface area contributed by atoms with E-state index in [0.29, 0.717) is 4.90 Å². The first kappa shape index (κ1) is 23.5. The van der Waals surface area contributed by atoms with Crippen LogP contribution < -0.4 is 11.5 Å². The topological polar surface area (TPSA) is 201 Å². The number of hydrogen-bond acceptors (Lipinski definition) is 7. The molecule has 0 saturated heterocycles. The molecule has 0 saturated carbocycles. The zero-order valence-electron chi connectivity index (χ0n) is 14.6. The zero-order valence-corrected chi connectivity index (χ0v) is 14.6. The molecule has 0 heterocycles. The number of amides is 2. The summed E-state index contributed by atoms with van der Waals surface area (Å²) in [6.07, 6.45) is -1.68.